The molecule has 112 valence electrons. The molecule has 2 rings (SSSR count). The van der Waals surface area contributed by atoms with Gasteiger partial charge in [0.1, 0.15) is 0 Å². The van der Waals surface area contributed by atoms with Crippen molar-refractivity contribution in [3.05, 3.63) is 35.4 Å². The summed E-state index contributed by atoms with van der Waals surface area (Å²) in [6.45, 7) is 4.89. The molecule has 1 aliphatic rings. The summed E-state index contributed by atoms with van der Waals surface area (Å²) < 4.78 is 31.9. The topological polar surface area (TPSA) is 67.4 Å². The summed E-state index contributed by atoms with van der Waals surface area (Å²) in [6, 6.07) is 7.60. The molecule has 6 heteroatoms. The summed E-state index contributed by atoms with van der Waals surface area (Å²) in [5.41, 5.74) is 1.96. The van der Waals surface area contributed by atoms with Crippen LogP contribution in [0.4, 0.5) is 0 Å². The van der Waals surface area contributed by atoms with Crippen molar-refractivity contribution in [1.82, 2.24) is 10.0 Å². The second-order valence-electron chi connectivity index (χ2n) is 5.03. The van der Waals surface area contributed by atoms with Crippen molar-refractivity contribution in [1.29, 1.82) is 0 Å². The van der Waals surface area contributed by atoms with Gasteiger partial charge in [-0.25, -0.2) is 13.1 Å². The summed E-state index contributed by atoms with van der Waals surface area (Å²) in [5, 5.41) is 3.24. The van der Waals surface area contributed by atoms with Gasteiger partial charge in [0.05, 0.1) is 12.4 Å². The van der Waals surface area contributed by atoms with E-state index >= 15 is 0 Å². The maximum absolute atomic E-state index is 12.0. The van der Waals surface area contributed by atoms with E-state index in [9.17, 15) is 8.42 Å². The third kappa shape index (κ3) is 4.86. The molecule has 5 nitrogen and oxygen atoms in total. The maximum atomic E-state index is 12.0. The van der Waals surface area contributed by atoms with Crippen molar-refractivity contribution < 1.29 is 13.2 Å². The Hall–Kier alpha value is -0.950. The second kappa shape index (κ2) is 7.17. The zero-order valence-corrected chi connectivity index (χ0v) is 12.6. The molecule has 0 amide bonds. The lowest BCUT2D eigenvalue weighted by Gasteiger charge is -2.11. The molecule has 0 spiro atoms. The van der Waals surface area contributed by atoms with E-state index in [1.165, 1.54) is 0 Å². The van der Waals surface area contributed by atoms with E-state index in [1.807, 2.05) is 24.3 Å². The number of hydrogen-bond donors (Lipinski definition) is 2. The smallest absolute Gasteiger partial charge is 0.216 e. The zero-order chi connectivity index (χ0) is 14.4. The Morgan fingerprint density at radius 1 is 1.25 bits per heavy atom. The molecular formula is C14H22N2O3S. The van der Waals surface area contributed by atoms with Gasteiger partial charge in [-0.1, -0.05) is 31.2 Å². The fourth-order valence-corrected chi connectivity index (χ4v) is 3.57. The third-order valence-corrected chi connectivity index (χ3v) is 4.64. The van der Waals surface area contributed by atoms with E-state index in [4.69, 9.17) is 4.74 Å². The predicted octanol–water partition coefficient (Wildman–Crippen LogP) is 1.00. The minimum absolute atomic E-state index is 0.0188. The van der Waals surface area contributed by atoms with Crippen LogP contribution in [-0.2, 0) is 27.1 Å². The van der Waals surface area contributed by atoms with Gasteiger partial charge >= 0.3 is 0 Å². The first-order valence-corrected chi connectivity index (χ1v) is 8.60. The van der Waals surface area contributed by atoms with Crippen LogP contribution in [-0.4, -0.2) is 34.2 Å². The molecule has 1 atom stereocenters. The van der Waals surface area contributed by atoms with Crippen LogP contribution in [0.2, 0.25) is 0 Å². The molecule has 1 saturated heterocycles. The highest BCUT2D eigenvalue weighted by Gasteiger charge is 2.22. The van der Waals surface area contributed by atoms with Crippen molar-refractivity contribution in [3.8, 4) is 0 Å². The van der Waals surface area contributed by atoms with E-state index in [0.717, 1.165) is 30.6 Å². The van der Waals surface area contributed by atoms with E-state index in [0.29, 0.717) is 13.2 Å². The highest BCUT2D eigenvalue weighted by Crippen LogP contribution is 2.10. The summed E-state index contributed by atoms with van der Waals surface area (Å²) >= 11 is 0. The largest absolute Gasteiger partial charge is 0.380 e. The number of rotatable bonds is 7. The van der Waals surface area contributed by atoms with Crippen LogP contribution in [0.15, 0.2) is 24.3 Å². The highest BCUT2D eigenvalue weighted by atomic mass is 32.2. The molecule has 1 aromatic rings. The van der Waals surface area contributed by atoms with Gasteiger partial charge in [-0.05, 0) is 24.1 Å². The molecule has 20 heavy (non-hydrogen) atoms. The SMILES string of the molecule is CCNCc1ccc(CS(=O)(=O)NC2CCOC2)cc1. The lowest BCUT2D eigenvalue weighted by Crippen LogP contribution is -2.35. The van der Waals surface area contributed by atoms with Crippen molar-refractivity contribution in [2.45, 2.75) is 31.7 Å². The minimum Gasteiger partial charge on any atom is -0.380 e. The Morgan fingerprint density at radius 3 is 2.55 bits per heavy atom. The van der Waals surface area contributed by atoms with Crippen LogP contribution in [0, 0.1) is 0 Å². The van der Waals surface area contributed by atoms with Gasteiger partial charge in [0.15, 0.2) is 0 Å². The van der Waals surface area contributed by atoms with Gasteiger partial charge in [0.25, 0.3) is 0 Å². The summed E-state index contributed by atoms with van der Waals surface area (Å²) in [6.07, 6.45) is 0.751. The third-order valence-electron chi connectivity index (χ3n) is 3.23. The second-order valence-corrected chi connectivity index (χ2v) is 6.79. The first-order valence-electron chi connectivity index (χ1n) is 6.95. The molecule has 1 unspecified atom stereocenters. The van der Waals surface area contributed by atoms with Crippen LogP contribution in [0.25, 0.3) is 0 Å². The van der Waals surface area contributed by atoms with Crippen LogP contribution < -0.4 is 10.0 Å². The van der Waals surface area contributed by atoms with Gasteiger partial charge in [0.2, 0.25) is 10.0 Å². The minimum atomic E-state index is -3.29. The number of nitrogens with one attached hydrogen (secondary N) is 2. The Balaban J connectivity index is 1.91. The van der Waals surface area contributed by atoms with Gasteiger partial charge in [-0.2, -0.15) is 0 Å². The number of ether oxygens (including phenoxy) is 1. The fraction of sp³-hybridized carbons (Fsp3) is 0.571. The van der Waals surface area contributed by atoms with Crippen molar-refractivity contribution in [2.24, 2.45) is 0 Å². The number of benzene rings is 1. The Morgan fingerprint density at radius 2 is 1.95 bits per heavy atom. The Labute approximate surface area is 120 Å². The fourth-order valence-electron chi connectivity index (χ4n) is 2.17. The van der Waals surface area contributed by atoms with Crippen LogP contribution in [0.1, 0.15) is 24.5 Å². The van der Waals surface area contributed by atoms with E-state index in [1.54, 1.807) is 0 Å². The molecule has 0 aromatic heterocycles. The number of sulfonamides is 1. The van der Waals surface area contributed by atoms with Gasteiger partial charge in [-0.3, -0.25) is 0 Å². The molecular weight excluding hydrogens is 276 g/mol. The Kier molecular flexibility index (Phi) is 5.54. The van der Waals surface area contributed by atoms with Gasteiger partial charge in [-0.15, -0.1) is 0 Å². The molecule has 0 radical (unpaired) electrons. The summed E-state index contributed by atoms with van der Waals surface area (Å²) in [5.74, 6) is 0.0188. The average Bonchev–Trinajstić information content (AvgIpc) is 2.89. The summed E-state index contributed by atoms with van der Waals surface area (Å²) in [4.78, 5) is 0. The first-order chi connectivity index (χ1) is 9.59. The molecule has 0 aliphatic carbocycles. The average molecular weight is 298 g/mol. The first kappa shape index (κ1) is 15.4. The molecule has 0 saturated carbocycles. The standard InChI is InChI=1S/C14H22N2O3S/c1-2-15-9-12-3-5-13(6-4-12)11-20(17,18)16-14-7-8-19-10-14/h3-6,14-16H,2,7-11H2,1H3. The van der Waals surface area contributed by atoms with E-state index < -0.39 is 10.0 Å². The van der Waals surface area contributed by atoms with Gasteiger partial charge < -0.3 is 10.1 Å². The highest BCUT2D eigenvalue weighted by molar-refractivity contribution is 7.88. The lowest BCUT2D eigenvalue weighted by atomic mass is 10.1. The molecule has 2 N–H and O–H groups in total. The van der Waals surface area contributed by atoms with Crippen molar-refractivity contribution >= 4 is 10.0 Å². The number of hydrogen-bond acceptors (Lipinski definition) is 4. The molecule has 1 aromatic carbocycles. The van der Waals surface area contributed by atoms with Crippen LogP contribution >= 0.6 is 0 Å². The van der Waals surface area contributed by atoms with Crippen LogP contribution in [0.5, 0.6) is 0 Å². The normalized spacial score (nSPS) is 19.4. The Bertz CT molecular complexity index is 508. The lowest BCUT2D eigenvalue weighted by molar-refractivity contribution is 0.192. The van der Waals surface area contributed by atoms with Crippen molar-refractivity contribution in [3.63, 3.8) is 0 Å². The van der Waals surface area contributed by atoms with Crippen molar-refractivity contribution in [2.75, 3.05) is 19.8 Å². The molecule has 1 fully saturated rings. The molecule has 1 aliphatic heterocycles. The summed E-state index contributed by atoms with van der Waals surface area (Å²) in [7, 11) is -3.29. The van der Waals surface area contributed by atoms with E-state index in [-0.39, 0.29) is 11.8 Å². The van der Waals surface area contributed by atoms with Gasteiger partial charge in [0, 0.05) is 19.2 Å². The van der Waals surface area contributed by atoms with E-state index in [2.05, 4.69) is 17.0 Å². The predicted molar refractivity (Wildman–Crippen MR) is 78.8 cm³/mol. The van der Waals surface area contributed by atoms with Crippen LogP contribution in [0.3, 0.4) is 0 Å². The molecule has 1 heterocycles. The zero-order valence-electron chi connectivity index (χ0n) is 11.8. The monoisotopic (exact) mass is 298 g/mol. The quantitative estimate of drug-likeness (QED) is 0.788. The maximum Gasteiger partial charge on any atom is 0.216 e. The molecule has 0 bridgehead atoms.